The Morgan fingerprint density at radius 2 is 2.00 bits per heavy atom. The Kier molecular flexibility index (Phi) is 3.65. The van der Waals surface area contributed by atoms with Crippen LogP contribution >= 0.6 is 0 Å². The molecule has 76 valence electrons. The van der Waals surface area contributed by atoms with Crippen LogP contribution in [0.3, 0.4) is 0 Å². The summed E-state index contributed by atoms with van der Waals surface area (Å²) in [5.74, 6) is 0.252. The van der Waals surface area contributed by atoms with Gasteiger partial charge in [0.25, 0.3) is 0 Å². The van der Waals surface area contributed by atoms with Gasteiger partial charge in [-0.1, -0.05) is 19.1 Å². The molecule has 0 bridgehead atoms. The van der Waals surface area contributed by atoms with Gasteiger partial charge in [0.1, 0.15) is 5.75 Å². The number of esters is 1. The minimum atomic E-state index is -0.308. The van der Waals surface area contributed by atoms with E-state index in [4.69, 9.17) is 10.5 Å². The van der Waals surface area contributed by atoms with Gasteiger partial charge in [-0.3, -0.25) is 4.79 Å². The summed E-state index contributed by atoms with van der Waals surface area (Å²) in [6.07, 6.45) is 0.896. The van der Waals surface area contributed by atoms with E-state index in [-0.39, 0.29) is 12.0 Å². The maximum Gasteiger partial charge on any atom is 0.308 e. The Balaban J connectivity index is 2.73. The van der Waals surface area contributed by atoms with Gasteiger partial charge >= 0.3 is 5.97 Å². The van der Waals surface area contributed by atoms with Crippen molar-refractivity contribution in [2.45, 2.75) is 26.3 Å². The number of ether oxygens (including phenoxy) is 1. The van der Waals surface area contributed by atoms with Crippen molar-refractivity contribution in [1.29, 1.82) is 0 Å². The van der Waals surface area contributed by atoms with Crippen molar-refractivity contribution in [2.24, 2.45) is 5.73 Å². The number of hydrogen-bond donors (Lipinski definition) is 1. The second kappa shape index (κ2) is 4.77. The third kappa shape index (κ3) is 2.85. The van der Waals surface area contributed by atoms with Crippen molar-refractivity contribution < 1.29 is 9.53 Å². The fourth-order valence-electron chi connectivity index (χ4n) is 1.18. The van der Waals surface area contributed by atoms with Crippen molar-refractivity contribution in [3.8, 4) is 5.75 Å². The van der Waals surface area contributed by atoms with Crippen LogP contribution in [-0.2, 0) is 4.79 Å². The molecule has 0 fully saturated rings. The molecule has 1 atom stereocenters. The molecule has 0 saturated heterocycles. The second-order valence-electron chi connectivity index (χ2n) is 3.18. The van der Waals surface area contributed by atoms with Crippen molar-refractivity contribution in [3.05, 3.63) is 29.8 Å². The van der Waals surface area contributed by atoms with E-state index in [9.17, 15) is 4.79 Å². The monoisotopic (exact) mass is 193 g/mol. The fraction of sp³-hybridized carbons (Fsp3) is 0.364. The topological polar surface area (TPSA) is 52.3 Å². The first-order chi connectivity index (χ1) is 6.63. The maximum atomic E-state index is 10.6. The molecule has 0 heterocycles. The third-order valence-electron chi connectivity index (χ3n) is 2.01. The number of carbonyl (C=O) groups is 1. The van der Waals surface area contributed by atoms with E-state index >= 15 is 0 Å². The minimum absolute atomic E-state index is 0.0568. The predicted molar refractivity (Wildman–Crippen MR) is 55.0 cm³/mol. The first kappa shape index (κ1) is 10.7. The van der Waals surface area contributed by atoms with Crippen molar-refractivity contribution >= 4 is 5.97 Å². The van der Waals surface area contributed by atoms with Gasteiger partial charge in [0, 0.05) is 13.0 Å². The van der Waals surface area contributed by atoms with Gasteiger partial charge in [-0.15, -0.1) is 0 Å². The molecule has 0 aliphatic carbocycles. The lowest BCUT2D eigenvalue weighted by molar-refractivity contribution is -0.131. The normalized spacial score (nSPS) is 12.2. The highest BCUT2D eigenvalue weighted by atomic mass is 16.5. The van der Waals surface area contributed by atoms with Crippen LogP contribution in [0.4, 0.5) is 0 Å². The summed E-state index contributed by atoms with van der Waals surface area (Å²) in [7, 11) is 0. The van der Waals surface area contributed by atoms with E-state index in [2.05, 4.69) is 0 Å². The quantitative estimate of drug-likeness (QED) is 0.590. The summed E-state index contributed by atoms with van der Waals surface area (Å²) < 4.78 is 4.90. The number of rotatable bonds is 3. The highest BCUT2D eigenvalue weighted by molar-refractivity contribution is 5.69. The van der Waals surface area contributed by atoms with Gasteiger partial charge < -0.3 is 10.5 Å². The van der Waals surface area contributed by atoms with Crippen LogP contribution in [0.5, 0.6) is 5.75 Å². The largest absolute Gasteiger partial charge is 0.427 e. The number of nitrogens with two attached hydrogens (primary N) is 1. The van der Waals surface area contributed by atoms with Crippen LogP contribution in [0.15, 0.2) is 24.3 Å². The lowest BCUT2D eigenvalue weighted by atomic mass is 10.1. The highest BCUT2D eigenvalue weighted by Crippen LogP contribution is 2.18. The molecule has 1 aromatic carbocycles. The molecule has 14 heavy (non-hydrogen) atoms. The second-order valence-corrected chi connectivity index (χ2v) is 3.18. The molecule has 0 spiro atoms. The van der Waals surface area contributed by atoms with Gasteiger partial charge in [0.2, 0.25) is 0 Å². The van der Waals surface area contributed by atoms with E-state index in [0.29, 0.717) is 5.75 Å². The molecule has 0 aliphatic heterocycles. The van der Waals surface area contributed by atoms with E-state index in [1.807, 2.05) is 19.1 Å². The molecular formula is C11H15NO2. The molecule has 0 aliphatic rings. The summed E-state index contributed by atoms with van der Waals surface area (Å²) in [4.78, 5) is 10.6. The fourth-order valence-corrected chi connectivity index (χ4v) is 1.18. The average Bonchev–Trinajstić information content (AvgIpc) is 2.17. The summed E-state index contributed by atoms with van der Waals surface area (Å²) >= 11 is 0. The van der Waals surface area contributed by atoms with E-state index in [0.717, 1.165) is 12.0 Å². The van der Waals surface area contributed by atoms with Crippen LogP contribution in [0, 0.1) is 0 Å². The molecular weight excluding hydrogens is 178 g/mol. The molecule has 0 radical (unpaired) electrons. The number of benzene rings is 1. The number of hydrogen-bond acceptors (Lipinski definition) is 3. The number of carbonyl (C=O) groups excluding carboxylic acids is 1. The molecule has 0 aromatic heterocycles. The molecule has 0 amide bonds. The van der Waals surface area contributed by atoms with Crippen LogP contribution in [-0.4, -0.2) is 5.97 Å². The molecule has 0 saturated carbocycles. The Bertz CT molecular complexity index is 306. The Morgan fingerprint density at radius 3 is 2.43 bits per heavy atom. The van der Waals surface area contributed by atoms with Gasteiger partial charge in [-0.05, 0) is 24.1 Å². The molecule has 1 aromatic rings. The molecule has 3 nitrogen and oxygen atoms in total. The summed E-state index contributed by atoms with van der Waals surface area (Å²) in [5.41, 5.74) is 6.90. The Labute approximate surface area is 83.9 Å². The SMILES string of the molecule is CCC(N)c1ccc(OC(C)=O)cc1. The zero-order valence-corrected chi connectivity index (χ0v) is 8.49. The smallest absolute Gasteiger partial charge is 0.308 e. The molecule has 2 N–H and O–H groups in total. The van der Waals surface area contributed by atoms with Crippen molar-refractivity contribution in [3.63, 3.8) is 0 Å². The van der Waals surface area contributed by atoms with E-state index in [1.54, 1.807) is 12.1 Å². The van der Waals surface area contributed by atoms with Crippen LogP contribution < -0.4 is 10.5 Å². The third-order valence-corrected chi connectivity index (χ3v) is 2.01. The highest BCUT2D eigenvalue weighted by Gasteiger charge is 2.03. The predicted octanol–water partition coefficient (Wildman–Crippen LogP) is 2.02. The maximum absolute atomic E-state index is 10.6. The van der Waals surface area contributed by atoms with Crippen LogP contribution in [0.2, 0.25) is 0 Å². The molecule has 1 unspecified atom stereocenters. The molecule has 1 rings (SSSR count). The zero-order valence-electron chi connectivity index (χ0n) is 8.49. The summed E-state index contributed by atoms with van der Waals surface area (Å²) in [6, 6.07) is 7.33. The van der Waals surface area contributed by atoms with Gasteiger partial charge in [0.05, 0.1) is 0 Å². The Hall–Kier alpha value is -1.35. The first-order valence-electron chi connectivity index (χ1n) is 4.67. The van der Waals surface area contributed by atoms with Crippen LogP contribution in [0.25, 0.3) is 0 Å². The molecule has 3 heteroatoms. The summed E-state index contributed by atoms with van der Waals surface area (Å²) in [5, 5.41) is 0. The van der Waals surface area contributed by atoms with E-state index < -0.39 is 0 Å². The lowest BCUT2D eigenvalue weighted by Gasteiger charge is -2.09. The standard InChI is InChI=1S/C11H15NO2/c1-3-11(12)9-4-6-10(7-5-9)14-8(2)13/h4-7,11H,3,12H2,1-2H3. The average molecular weight is 193 g/mol. The van der Waals surface area contributed by atoms with Gasteiger partial charge in [-0.25, -0.2) is 0 Å². The zero-order chi connectivity index (χ0) is 10.6. The van der Waals surface area contributed by atoms with Gasteiger partial charge in [-0.2, -0.15) is 0 Å². The van der Waals surface area contributed by atoms with Crippen LogP contribution in [0.1, 0.15) is 31.9 Å². The van der Waals surface area contributed by atoms with Gasteiger partial charge in [0.15, 0.2) is 0 Å². The Morgan fingerprint density at radius 1 is 1.43 bits per heavy atom. The minimum Gasteiger partial charge on any atom is -0.427 e. The lowest BCUT2D eigenvalue weighted by Crippen LogP contribution is -2.08. The van der Waals surface area contributed by atoms with Crippen molar-refractivity contribution in [2.75, 3.05) is 0 Å². The summed E-state index contributed by atoms with van der Waals surface area (Å²) in [6.45, 7) is 3.41. The van der Waals surface area contributed by atoms with Crippen molar-refractivity contribution in [1.82, 2.24) is 0 Å². The van der Waals surface area contributed by atoms with E-state index in [1.165, 1.54) is 6.92 Å². The first-order valence-corrected chi connectivity index (χ1v) is 4.67.